The van der Waals surface area contributed by atoms with E-state index in [9.17, 15) is 19.5 Å². The fourth-order valence-electron chi connectivity index (χ4n) is 2.66. The first-order chi connectivity index (χ1) is 12.4. The van der Waals surface area contributed by atoms with Crippen LogP contribution in [0.4, 0.5) is 0 Å². The van der Waals surface area contributed by atoms with Gasteiger partial charge in [-0.1, -0.05) is 6.08 Å². The van der Waals surface area contributed by atoms with Crippen LogP contribution in [0.5, 0.6) is 0 Å². The lowest BCUT2D eigenvalue weighted by atomic mass is 10.1. The monoisotopic (exact) mass is 370 g/mol. The number of hydrogen-bond acceptors (Lipinski definition) is 10. The molecule has 2 aliphatic heterocycles. The summed E-state index contributed by atoms with van der Waals surface area (Å²) in [5.41, 5.74) is 16.1. The Morgan fingerprint density at radius 3 is 2.35 bits per heavy atom. The molecule has 144 valence electrons. The molecule has 0 radical (unpaired) electrons. The first-order valence-electron chi connectivity index (χ1n) is 7.91. The van der Waals surface area contributed by atoms with Crippen molar-refractivity contribution in [2.75, 3.05) is 19.7 Å². The van der Waals surface area contributed by atoms with Gasteiger partial charge in [0.25, 0.3) is 0 Å². The lowest BCUT2D eigenvalue weighted by Crippen LogP contribution is -2.46. The number of nitrogens with two attached hydrogens (primary N) is 3. The predicted molar refractivity (Wildman–Crippen MR) is 86.5 cm³/mol. The maximum Gasteiger partial charge on any atom is 0.320 e. The van der Waals surface area contributed by atoms with Crippen molar-refractivity contribution in [2.45, 2.75) is 31.0 Å². The molecular weight excluding hydrogens is 348 g/mol. The van der Waals surface area contributed by atoms with Crippen LogP contribution in [-0.2, 0) is 28.6 Å². The predicted octanol–water partition coefficient (Wildman–Crippen LogP) is -2.97. The fraction of sp³-hybridized carbons (Fsp3) is 0.533. The van der Waals surface area contributed by atoms with E-state index in [1.54, 1.807) is 12.3 Å². The van der Waals surface area contributed by atoms with Gasteiger partial charge >= 0.3 is 11.9 Å². The molecule has 0 aromatic carbocycles. The van der Waals surface area contributed by atoms with Gasteiger partial charge in [-0.05, 0) is 6.42 Å². The van der Waals surface area contributed by atoms with E-state index in [4.69, 9.17) is 31.4 Å². The van der Waals surface area contributed by atoms with Crippen LogP contribution >= 0.6 is 0 Å². The summed E-state index contributed by atoms with van der Waals surface area (Å²) in [6.07, 6.45) is 0.902. The average Bonchev–Trinajstić information content (AvgIpc) is 2.98. The summed E-state index contributed by atoms with van der Waals surface area (Å²) in [6.45, 7) is -1.30. The molecule has 4 atom stereocenters. The molecule has 1 saturated heterocycles. The average molecular weight is 370 g/mol. The van der Waals surface area contributed by atoms with Crippen molar-refractivity contribution in [3.8, 4) is 0 Å². The number of rotatable bonds is 7. The van der Waals surface area contributed by atoms with Gasteiger partial charge in [0.15, 0.2) is 18.4 Å². The summed E-state index contributed by atoms with van der Waals surface area (Å²) in [4.78, 5) is 36.2. The zero-order valence-corrected chi connectivity index (χ0v) is 13.9. The number of ether oxygens (including phenoxy) is 3. The fourth-order valence-corrected chi connectivity index (χ4v) is 2.66. The van der Waals surface area contributed by atoms with Gasteiger partial charge in [0.1, 0.15) is 6.10 Å². The molecule has 26 heavy (non-hydrogen) atoms. The van der Waals surface area contributed by atoms with E-state index in [1.807, 2.05) is 0 Å². The first-order valence-corrected chi connectivity index (χ1v) is 7.91. The molecule has 1 amide bonds. The van der Waals surface area contributed by atoms with Gasteiger partial charge < -0.3 is 41.4 Å². The zero-order chi connectivity index (χ0) is 19.3. The second-order valence-electron chi connectivity index (χ2n) is 5.62. The quantitative estimate of drug-likeness (QED) is 0.338. The molecule has 0 aromatic heterocycles. The van der Waals surface area contributed by atoms with Crippen LogP contribution in [0.1, 0.15) is 6.42 Å². The van der Waals surface area contributed by atoms with Crippen LogP contribution in [-0.4, -0.2) is 72.1 Å². The van der Waals surface area contributed by atoms with Gasteiger partial charge in [-0.15, -0.1) is 0 Å². The Hall–Kier alpha value is -2.47. The minimum Gasteiger partial charge on any atom is -0.454 e. The van der Waals surface area contributed by atoms with Gasteiger partial charge in [-0.25, -0.2) is 0 Å². The van der Waals surface area contributed by atoms with Crippen molar-refractivity contribution >= 4 is 17.8 Å². The van der Waals surface area contributed by atoms with Gasteiger partial charge in [-0.3, -0.25) is 14.4 Å². The topological polar surface area (TPSA) is 180 Å². The number of allylic oxidation sites excluding steroid dienone is 1. The Morgan fingerprint density at radius 1 is 1.19 bits per heavy atom. The number of primary amides is 1. The summed E-state index contributed by atoms with van der Waals surface area (Å²) in [5, 5.41) is 9.55. The van der Waals surface area contributed by atoms with Crippen molar-refractivity contribution < 1.29 is 33.7 Å². The number of hydrogen-bond donors (Lipinski definition) is 4. The van der Waals surface area contributed by atoms with E-state index in [1.165, 1.54) is 11.1 Å². The van der Waals surface area contributed by atoms with Gasteiger partial charge in [0.2, 0.25) is 5.91 Å². The van der Waals surface area contributed by atoms with E-state index in [0.29, 0.717) is 12.0 Å². The molecule has 0 spiro atoms. The van der Waals surface area contributed by atoms with E-state index >= 15 is 0 Å². The number of esters is 2. The number of aliphatic hydroxyl groups is 1. The molecule has 0 bridgehead atoms. The number of aliphatic hydroxyl groups excluding tert-OH is 1. The van der Waals surface area contributed by atoms with E-state index in [0.717, 1.165) is 0 Å². The summed E-state index contributed by atoms with van der Waals surface area (Å²) in [5.74, 6) is -2.12. The first kappa shape index (κ1) is 19.8. The number of carbonyl (C=O) groups is 3. The van der Waals surface area contributed by atoms with Gasteiger partial charge in [0.05, 0.1) is 19.7 Å². The highest BCUT2D eigenvalue weighted by Crippen LogP contribution is 2.31. The standard InChI is InChI=1S/C15H22N4O7/c16-4-10(21)25-12-9(7-20)24-15(13(12)26-11(22)5-17)19-3-1-2-8(6-19)14(18)23/h1,3,6,9,12-13,15,20H,2,4-5,7,16-17H2,(H2,18,23)/t9-,12-,13-,15-/m1/s1. The molecule has 0 aliphatic carbocycles. The number of nitrogens with zero attached hydrogens (tertiary/aromatic N) is 1. The summed E-state index contributed by atoms with van der Waals surface area (Å²) in [6, 6.07) is 0. The Balaban J connectivity index is 2.31. The summed E-state index contributed by atoms with van der Waals surface area (Å²) in [7, 11) is 0. The molecule has 11 heteroatoms. The largest absolute Gasteiger partial charge is 0.454 e. The Bertz CT molecular complexity index is 621. The minimum atomic E-state index is -1.10. The maximum absolute atomic E-state index is 11.7. The lowest BCUT2D eigenvalue weighted by Gasteiger charge is -2.30. The Labute approximate surface area is 149 Å². The summed E-state index contributed by atoms with van der Waals surface area (Å²) < 4.78 is 16.1. The third-order valence-electron chi connectivity index (χ3n) is 3.86. The molecular formula is C15H22N4O7. The van der Waals surface area contributed by atoms with E-state index < -0.39 is 62.1 Å². The van der Waals surface area contributed by atoms with Crippen LogP contribution in [0.3, 0.4) is 0 Å². The molecule has 2 rings (SSSR count). The van der Waals surface area contributed by atoms with E-state index in [2.05, 4.69) is 0 Å². The lowest BCUT2D eigenvalue weighted by molar-refractivity contribution is -0.167. The number of carbonyl (C=O) groups excluding carboxylic acids is 3. The van der Waals surface area contributed by atoms with Crippen molar-refractivity contribution in [1.29, 1.82) is 0 Å². The molecule has 11 nitrogen and oxygen atoms in total. The van der Waals surface area contributed by atoms with E-state index in [-0.39, 0.29) is 0 Å². The van der Waals surface area contributed by atoms with Crippen molar-refractivity contribution in [3.63, 3.8) is 0 Å². The van der Waals surface area contributed by atoms with Crippen molar-refractivity contribution in [2.24, 2.45) is 17.2 Å². The molecule has 1 fully saturated rings. The van der Waals surface area contributed by atoms with Crippen LogP contribution in [0.2, 0.25) is 0 Å². The highest BCUT2D eigenvalue weighted by molar-refractivity contribution is 5.92. The number of amides is 1. The molecule has 0 saturated carbocycles. The van der Waals surface area contributed by atoms with Gasteiger partial charge in [-0.2, -0.15) is 0 Å². The molecule has 2 aliphatic rings. The Morgan fingerprint density at radius 2 is 1.81 bits per heavy atom. The Kier molecular flexibility index (Phi) is 6.69. The van der Waals surface area contributed by atoms with Crippen LogP contribution in [0, 0.1) is 0 Å². The molecule has 2 heterocycles. The second kappa shape index (κ2) is 8.76. The SMILES string of the molecule is NCC(=O)O[C@@H]1[C@H](OC(=O)CN)[C@@H](CO)O[C@H]1N1C=CCC(C(N)=O)=C1. The molecule has 0 aromatic rings. The normalized spacial score (nSPS) is 27.8. The highest BCUT2D eigenvalue weighted by Gasteiger charge is 2.51. The molecule has 7 N–H and O–H groups in total. The highest BCUT2D eigenvalue weighted by atomic mass is 16.6. The molecule has 0 unspecified atom stereocenters. The third kappa shape index (κ3) is 4.38. The summed E-state index contributed by atoms with van der Waals surface area (Å²) >= 11 is 0. The van der Waals surface area contributed by atoms with Crippen molar-refractivity contribution in [1.82, 2.24) is 4.90 Å². The second-order valence-corrected chi connectivity index (χ2v) is 5.62. The smallest absolute Gasteiger partial charge is 0.320 e. The third-order valence-corrected chi connectivity index (χ3v) is 3.86. The van der Waals surface area contributed by atoms with Crippen molar-refractivity contribution in [3.05, 3.63) is 24.0 Å². The maximum atomic E-state index is 11.7. The van der Waals surface area contributed by atoms with Crippen LogP contribution < -0.4 is 17.2 Å². The zero-order valence-electron chi connectivity index (χ0n) is 13.9. The van der Waals surface area contributed by atoms with Gasteiger partial charge in [0, 0.05) is 18.0 Å². The minimum absolute atomic E-state index is 0.308. The van der Waals surface area contributed by atoms with Crippen LogP contribution in [0.15, 0.2) is 24.0 Å². The van der Waals surface area contributed by atoms with Crippen LogP contribution in [0.25, 0.3) is 0 Å².